The molecule has 0 unspecified atom stereocenters. The molecule has 0 aliphatic rings. The van der Waals surface area contributed by atoms with E-state index in [2.05, 4.69) is 25.6 Å². The highest BCUT2D eigenvalue weighted by Crippen LogP contribution is 2.34. The molecule has 0 fully saturated rings. The highest BCUT2D eigenvalue weighted by atomic mass is 19.4. The van der Waals surface area contributed by atoms with Crippen LogP contribution in [0.1, 0.15) is 11.4 Å². The fraction of sp³-hybridized carbons (Fsp3) is 0.222. The molecule has 1 aromatic carbocycles. The summed E-state index contributed by atoms with van der Waals surface area (Å²) in [5.41, 5.74) is 1.32. The smallest absolute Gasteiger partial charge is 0.433 e. The van der Waals surface area contributed by atoms with Gasteiger partial charge in [0.25, 0.3) is 0 Å². The van der Waals surface area contributed by atoms with Crippen LogP contribution >= 0.6 is 0 Å². The summed E-state index contributed by atoms with van der Waals surface area (Å²) in [4.78, 5) is 7.41. The van der Waals surface area contributed by atoms with Crippen molar-refractivity contribution in [1.29, 1.82) is 0 Å². The SMILES string of the molecule is COc1ccccc1-c1cc(C(F)(F)F)nc(N/N=C/c2ccn(CC(F)(F)F)n2)n1. The molecule has 31 heavy (non-hydrogen) atoms. The number of halogens is 6. The summed E-state index contributed by atoms with van der Waals surface area (Å²) in [7, 11) is 1.37. The van der Waals surface area contributed by atoms with Crippen LogP contribution in [0.2, 0.25) is 0 Å². The number of methoxy groups -OCH3 is 1. The predicted octanol–water partition coefficient (Wildman–Crippen LogP) is 4.38. The van der Waals surface area contributed by atoms with Gasteiger partial charge in [-0.1, -0.05) is 12.1 Å². The van der Waals surface area contributed by atoms with Crippen LogP contribution in [0.15, 0.2) is 47.7 Å². The number of hydrogen-bond donors (Lipinski definition) is 1. The van der Waals surface area contributed by atoms with Crippen molar-refractivity contribution in [2.45, 2.75) is 18.9 Å². The van der Waals surface area contributed by atoms with Gasteiger partial charge in [0.2, 0.25) is 5.95 Å². The third kappa shape index (κ3) is 5.93. The second-order valence-corrected chi connectivity index (χ2v) is 6.08. The molecule has 0 bridgehead atoms. The number of nitrogens with one attached hydrogen (secondary N) is 1. The zero-order valence-electron chi connectivity index (χ0n) is 15.7. The van der Waals surface area contributed by atoms with Crippen molar-refractivity contribution >= 4 is 12.2 Å². The maximum Gasteiger partial charge on any atom is 0.433 e. The molecule has 0 saturated heterocycles. The molecule has 0 amide bonds. The number of nitrogens with zero attached hydrogens (tertiary/aromatic N) is 5. The predicted molar refractivity (Wildman–Crippen MR) is 98.5 cm³/mol. The molecule has 7 nitrogen and oxygen atoms in total. The quantitative estimate of drug-likeness (QED) is 0.347. The summed E-state index contributed by atoms with van der Waals surface area (Å²) >= 11 is 0. The number of hydrazone groups is 1. The van der Waals surface area contributed by atoms with Crippen molar-refractivity contribution in [2.24, 2.45) is 5.10 Å². The third-order valence-corrected chi connectivity index (χ3v) is 3.76. The summed E-state index contributed by atoms with van der Waals surface area (Å²) in [6.45, 7) is -1.28. The minimum Gasteiger partial charge on any atom is -0.496 e. The Morgan fingerprint density at radius 3 is 2.52 bits per heavy atom. The van der Waals surface area contributed by atoms with Gasteiger partial charge in [0, 0.05) is 11.8 Å². The first-order valence-corrected chi connectivity index (χ1v) is 8.54. The van der Waals surface area contributed by atoms with Gasteiger partial charge in [-0.15, -0.1) is 0 Å². The maximum absolute atomic E-state index is 13.3. The molecule has 13 heteroatoms. The Hall–Kier alpha value is -3.64. The molecule has 2 heterocycles. The topological polar surface area (TPSA) is 77.2 Å². The van der Waals surface area contributed by atoms with Crippen molar-refractivity contribution < 1.29 is 31.1 Å². The van der Waals surface area contributed by atoms with Gasteiger partial charge in [-0.25, -0.2) is 15.4 Å². The second-order valence-electron chi connectivity index (χ2n) is 6.08. The van der Waals surface area contributed by atoms with Gasteiger partial charge in [-0.2, -0.15) is 36.5 Å². The van der Waals surface area contributed by atoms with E-state index in [1.807, 2.05) is 0 Å². The third-order valence-electron chi connectivity index (χ3n) is 3.76. The first-order valence-electron chi connectivity index (χ1n) is 8.54. The number of benzene rings is 1. The van der Waals surface area contributed by atoms with E-state index in [-0.39, 0.29) is 11.4 Å². The fourth-order valence-electron chi connectivity index (χ4n) is 2.51. The molecule has 2 aromatic heterocycles. The number of rotatable bonds is 6. The standard InChI is InChI=1S/C18H14F6N6O/c1-31-14-5-3-2-4-12(14)13-8-15(18(22,23)24)27-16(26-13)28-25-9-11-6-7-30(29-11)10-17(19,20)21/h2-9H,10H2,1H3,(H,26,27,28)/b25-9+. The number of ether oxygens (including phenoxy) is 1. The number of aromatic nitrogens is 4. The zero-order valence-corrected chi connectivity index (χ0v) is 15.7. The fourth-order valence-corrected chi connectivity index (χ4v) is 2.51. The molecule has 0 atom stereocenters. The van der Waals surface area contributed by atoms with Crippen LogP contribution in [0.3, 0.4) is 0 Å². The lowest BCUT2D eigenvalue weighted by Gasteiger charge is -2.12. The van der Waals surface area contributed by atoms with Crippen LogP contribution in [-0.4, -0.2) is 39.2 Å². The van der Waals surface area contributed by atoms with E-state index in [0.29, 0.717) is 16.0 Å². The van der Waals surface area contributed by atoms with Gasteiger partial charge in [0.15, 0.2) is 5.69 Å². The van der Waals surface area contributed by atoms with Gasteiger partial charge in [0.1, 0.15) is 18.0 Å². The van der Waals surface area contributed by atoms with Crippen LogP contribution < -0.4 is 10.2 Å². The van der Waals surface area contributed by atoms with Crippen LogP contribution in [0.4, 0.5) is 32.3 Å². The van der Waals surface area contributed by atoms with Crippen LogP contribution in [0, 0.1) is 0 Å². The molecule has 0 spiro atoms. The van der Waals surface area contributed by atoms with Crippen molar-refractivity contribution in [2.75, 3.05) is 12.5 Å². The van der Waals surface area contributed by atoms with Gasteiger partial charge in [-0.3, -0.25) is 4.68 Å². The van der Waals surface area contributed by atoms with Crippen LogP contribution in [0.25, 0.3) is 11.3 Å². The molecule has 1 N–H and O–H groups in total. The Kier molecular flexibility index (Phi) is 6.13. The average Bonchev–Trinajstić information content (AvgIpc) is 3.12. The van der Waals surface area contributed by atoms with E-state index in [9.17, 15) is 26.3 Å². The molecular weight excluding hydrogens is 430 g/mol. The second kappa shape index (κ2) is 8.62. The van der Waals surface area contributed by atoms with E-state index in [1.165, 1.54) is 19.2 Å². The summed E-state index contributed by atoms with van der Waals surface area (Å²) < 4.78 is 82.7. The number of alkyl halides is 6. The molecule has 0 saturated carbocycles. The minimum atomic E-state index is -4.75. The van der Waals surface area contributed by atoms with Gasteiger partial charge in [0.05, 0.1) is 19.0 Å². The Morgan fingerprint density at radius 2 is 1.84 bits per heavy atom. The normalized spacial score (nSPS) is 12.4. The van der Waals surface area contributed by atoms with Crippen LogP contribution in [0.5, 0.6) is 5.75 Å². The lowest BCUT2D eigenvalue weighted by atomic mass is 10.1. The largest absolute Gasteiger partial charge is 0.496 e. The number of para-hydroxylation sites is 1. The molecule has 3 rings (SSSR count). The number of anilines is 1. The minimum absolute atomic E-state index is 0.0497. The van der Waals surface area contributed by atoms with E-state index in [0.717, 1.165) is 18.5 Å². The molecule has 0 radical (unpaired) electrons. The summed E-state index contributed by atoms with van der Waals surface area (Å²) in [5.74, 6) is -0.166. The maximum atomic E-state index is 13.3. The monoisotopic (exact) mass is 444 g/mol. The first-order chi connectivity index (χ1) is 14.5. The molecule has 0 aliphatic carbocycles. The van der Waals surface area contributed by atoms with Crippen LogP contribution in [-0.2, 0) is 12.7 Å². The summed E-state index contributed by atoms with van der Waals surface area (Å²) in [6.07, 6.45) is -7.08. The van der Waals surface area contributed by atoms with Crippen molar-refractivity contribution in [3.05, 3.63) is 54.0 Å². The lowest BCUT2D eigenvalue weighted by molar-refractivity contribution is -0.143. The molecule has 164 valence electrons. The van der Waals surface area contributed by atoms with Gasteiger partial charge < -0.3 is 4.74 Å². The highest BCUT2D eigenvalue weighted by Gasteiger charge is 2.34. The summed E-state index contributed by atoms with van der Waals surface area (Å²) in [6, 6.07) is 8.37. The van der Waals surface area contributed by atoms with Crippen molar-refractivity contribution in [3.63, 3.8) is 0 Å². The Balaban J connectivity index is 1.86. The van der Waals surface area contributed by atoms with Gasteiger partial charge >= 0.3 is 12.4 Å². The average molecular weight is 444 g/mol. The first kappa shape index (κ1) is 22.1. The zero-order chi connectivity index (χ0) is 22.6. The number of hydrogen-bond acceptors (Lipinski definition) is 6. The summed E-state index contributed by atoms with van der Waals surface area (Å²) in [5, 5.41) is 7.31. The van der Waals surface area contributed by atoms with E-state index >= 15 is 0 Å². The Bertz CT molecular complexity index is 1080. The van der Waals surface area contributed by atoms with E-state index < -0.39 is 30.5 Å². The van der Waals surface area contributed by atoms with Crippen molar-refractivity contribution in [3.8, 4) is 17.0 Å². The molecule has 0 aliphatic heterocycles. The van der Waals surface area contributed by atoms with Gasteiger partial charge in [-0.05, 0) is 24.3 Å². The van der Waals surface area contributed by atoms with E-state index in [4.69, 9.17) is 4.74 Å². The lowest BCUT2D eigenvalue weighted by Crippen LogP contribution is -2.18. The Morgan fingerprint density at radius 1 is 1.10 bits per heavy atom. The van der Waals surface area contributed by atoms with E-state index in [1.54, 1.807) is 18.2 Å². The highest BCUT2D eigenvalue weighted by molar-refractivity contribution is 5.77. The molecule has 3 aromatic rings. The Labute approximate surface area is 171 Å². The molecular formula is C18H14F6N6O. The van der Waals surface area contributed by atoms with Crippen molar-refractivity contribution in [1.82, 2.24) is 19.7 Å².